The van der Waals surface area contributed by atoms with Crippen molar-refractivity contribution in [3.63, 3.8) is 0 Å². The van der Waals surface area contributed by atoms with Crippen molar-refractivity contribution < 1.29 is 4.79 Å². The molecule has 12 heavy (non-hydrogen) atoms. The summed E-state index contributed by atoms with van der Waals surface area (Å²) < 4.78 is 0. The maximum absolute atomic E-state index is 11.2. The highest BCUT2D eigenvalue weighted by Gasteiger charge is 2.44. The van der Waals surface area contributed by atoms with Gasteiger partial charge < -0.3 is 5.32 Å². The third-order valence-corrected chi connectivity index (χ3v) is 4.52. The summed E-state index contributed by atoms with van der Waals surface area (Å²) in [5.74, 6) is 2.71. The fourth-order valence-corrected chi connectivity index (χ4v) is 3.67. The molecule has 1 spiro atoms. The van der Waals surface area contributed by atoms with Gasteiger partial charge in [0.05, 0.1) is 0 Å². The van der Waals surface area contributed by atoms with E-state index < -0.39 is 0 Å². The molecule has 2 unspecified atom stereocenters. The molecule has 2 aliphatic rings. The van der Waals surface area contributed by atoms with E-state index in [1.807, 2.05) is 11.8 Å². The van der Waals surface area contributed by atoms with Gasteiger partial charge in [0.1, 0.15) is 0 Å². The maximum Gasteiger partial charge on any atom is 0.220 e. The SMILES string of the molecule is CC1NC(=O)CC12CCCSC2. The molecule has 0 aromatic heterocycles. The molecule has 0 aromatic rings. The van der Waals surface area contributed by atoms with Crippen LogP contribution in [0.4, 0.5) is 0 Å². The zero-order chi connectivity index (χ0) is 8.60. The zero-order valence-electron chi connectivity index (χ0n) is 7.43. The second-order valence-electron chi connectivity index (χ2n) is 3.98. The van der Waals surface area contributed by atoms with E-state index in [1.165, 1.54) is 24.3 Å². The van der Waals surface area contributed by atoms with Crippen LogP contribution in [0.25, 0.3) is 0 Å². The average molecular weight is 185 g/mol. The van der Waals surface area contributed by atoms with E-state index in [-0.39, 0.29) is 5.91 Å². The van der Waals surface area contributed by atoms with E-state index in [2.05, 4.69) is 12.2 Å². The van der Waals surface area contributed by atoms with Gasteiger partial charge in [0.25, 0.3) is 0 Å². The molecule has 0 aromatic carbocycles. The highest BCUT2D eigenvalue weighted by molar-refractivity contribution is 7.99. The lowest BCUT2D eigenvalue weighted by Crippen LogP contribution is -2.38. The van der Waals surface area contributed by atoms with Crippen LogP contribution in [0.3, 0.4) is 0 Å². The number of carbonyl (C=O) groups is 1. The molecule has 0 radical (unpaired) electrons. The van der Waals surface area contributed by atoms with E-state index in [0.717, 1.165) is 6.42 Å². The molecule has 2 saturated heterocycles. The number of hydrogen-bond donors (Lipinski definition) is 1. The first kappa shape index (κ1) is 8.42. The third-order valence-electron chi connectivity index (χ3n) is 3.16. The molecule has 0 saturated carbocycles. The van der Waals surface area contributed by atoms with Crippen LogP contribution in [-0.4, -0.2) is 23.5 Å². The molecule has 2 fully saturated rings. The monoisotopic (exact) mass is 185 g/mol. The Hall–Kier alpha value is -0.180. The average Bonchev–Trinajstić information content (AvgIpc) is 2.29. The highest BCUT2D eigenvalue weighted by atomic mass is 32.2. The smallest absolute Gasteiger partial charge is 0.220 e. The maximum atomic E-state index is 11.2. The molecule has 68 valence electrons. The number of rotatable bonds is 0. The van der Waals surface area contributed by atoms with Crippen LogP contribution in [0.2, 0.25) is 0 Å². The Balaban J connectivity index is 2.13. The molecule has 3 heteroatoms. The molecule has 2 nitrogen and oxygen atoms in total. The van der Waals surface area contributed by atoms with Crippen LogP contribution in [0.15, 0.2) is 0 Å². The lowest BCUT2D eigenvalue weighted by molar-refractivity contribution is -0.119. The first-order valence-corrected chi connectivity index (χ1v) is 5.76. The van der Waals surface area contributed by atoms with Crippen molar-refractivity contribution in [3.05, 3.63) is 0 Å². The van der Waals surface area contributed by atoms with Crippen LogP contribution in [-0.2, 0) is 4.79 Å². The molecular formula is C9H15NOS. The van der Waals surface area contributed by atoms with Crippen molar-refractivity contribution in [2.75, 3.05) is 11.5 Å². The van der Waals surface area contributed by atoms with Crippen LogP contribution in [0.1, 0.15) is 26.2 Å². The predicted molar refractivity (Wildman–Crippen MR) is 51.2 cm³/mol. The van der Waals surface area contributed by atoms with Gasteiger partial charge in [-0.2, -0.15) is 11.8 Å². The topological polar surface area (TPSA) is 29.1 Å². The Morgan fingerprint density at radius 2 is 2.50 bits per heavy atom. The molecule has 2 aliphatic heterocycles. The van der Waals surface area contributed by atoms with E-state index >= 15 is 0 Å². The first-order valence-electron chi connectivity index (χ1n) is 4.60. The minimum absolute atomic E-state index is 0.255. The van der Waals surface area contributed by atoms with Gasteiger partial charge in [0.2, 0.25) is 5.91 Å². The van der Waals surface area contributed by atoms with E-state index in [1.54, 1.807) is 0 Å². The summed E-state index contributed by atoms with van der Waals surface area (Å²) in [6.45, 7) is 2.15. The second kappa shape index (κ2) is 2.95. The molecule has 1 amide bonds. The summed E-state index contributed by atoms with van der Waals surface area (Å²) in [7, 11) is 0. The van der Waals surface area contributed by atoms with Gasteiger partial charge in [0.15, 0.2) is 0 Å². The minimum Gasteiger partial charge on any atom is -0.353 e. The van der Waals surface area contributed by atoms with E-state index in [4.69, 9.17) is 0 Å². The Morgan fingerprint density at radius 1 is 1.67 bits per heavy atom. The summed E-state index contributed by atoms with van der Waals surface area (Å²) in [5.41, 5.74) is 0.306. The van der Waals surface area contributed by atoms with Gasteiger partial charge in [-0.3, -0.25) is 4.79 Å². The third kappa shape index (κ3) is 1.24. The van der Waals surface area contributed by atoms with E-state index in [9.17, 15) is 4.79 Å². The van der Waals surface area contributed by atoms with Crippen LogP contribution >= 0.6 is 11.8 Å². The van der Waals surface area contributed by atoms with Crippen molar-refractivity contribution in [2.45, 2.75) is 32.2 Å². The van der Waals surface area contributed by atoms with Crippen molar-refractivity contribution in [1.82, 2.24) is 5.32 Å². The standard InChI is InChI=1S/C9H15NOS/c1-7-9(5-8(11)10-7)3-2-4-12-6-9/h7H,2-6H2,1H3,(H,10,11). The molecule has 0 bridgehead atoms. The fourth-order valence-electron chi connectivity index (χ4n) is 2.27. The van der Waals surface area contributed by atoms with Crippen molar-refractivity contribution in [3.8, 4) is 0 Å². The molecule has 2 rings (SSSR count). The van der Waals surface area contributed by atoms with Gasteiger partial charge in [0, 0.05) is 23.6 Å². The molecule has 2 atom stereocenters. The Bertz CT molecular complexity index is 199. The Morgan fingerprint density at radius 3 is 3.00 bits per heavy atom. The molecule has 1 N–H and O–H groups in total. The van der Waals surface area contributed by atoms with Crippen LogP contribution in [0, 0.1) is 5.41 Å². The Labute approximate surface area is 77.5 Å². The number of carbonyl (C=O) groups excluding carboxylic acids is 1. The van der Waals surface area contributed by atoms with Gasteiger partial charge in [-0.1, -0.05) is 0 Å². The lowest BCUT2D eigenvalue weighted by Gasteiger charge is -2.35. The van der Waals surface area contributed by atoms with Gasteiger partial charge in [-0.05, 0) is 25.5 Å². The summed E-state index contributed by atoms with van der Waals surface area (Å²) >= 11 is 2.00. The van der Waals surface area contributed by atoms with Crippen molar-refractivity contribution >= 4 is 17.7 Å². The normalized spacial score (nSPS) is 41.8. The first-order chi connectivity index (χ1) is 5.73. The summed E-state index contributed by atoms with van der Waals surface area (Å²) in [4.78, 5) is 11.2. The second-order valence-corrected chi connectivity index (χ2v) is 5.09. The number of hydrogen-bond acceptors (Lipinski definition) is 2. The van der Waals surface area contributed by atoms with Gasteiger partial charge in [-0.25, -0.2) is 0 Å². The Kier molecular flexibility index (Phi) is 2.07. The van der Waals surface area contributed by atoms with Crippen molar-refractivity contribution in [2.24, 2.45) is 5.41 Å². The van der Waals surface area contributed by atoms with Crippen molar-refractivity contribution in [1.29, 1.82) is 0 Å². The summed E-state index contributed by atoms with van der Waals surface area (Å²) in [6.07, 6.45) is 3.28. The number of nitrogens with one attached hydrogen (secondary N) is 1. The summed E-state index contributed by atoms with van der Waals surface area (Å²) in [6, 6.07) is 0.401. The minimum atomic E-state index is 0.255. The molecule has 0 aliphatic carbocycles. The van der Waals surface area contributed by atoms with Crippen LogP contribution < -0.4 is 5.32 Å². The largest absolute Gasteiger partial charge is 0.353 e. The molecule has 2 heterocycles. The van der Waals surface area contributed by atoms with E-state index in [0.29, 0.717) is 11.5 Å². The summed E-state index contributed by atoms with van der Waals surface area (Å²) in [5, 5.41) is 3.02. The molecular weight excluding hydrogens is 170 g/mol. The lowest BCUT2D eigenvalue weighted by atomic mass is 9.79. The fraction of sp³-hybridized carbons (Fsp3) is 0.889. The van der Waals surface area contributed by atoms with Gasteiger partial charge in [-0.15, -0.1) is 0 Å². The van der Waals surface area contributed by atoms with Gasteiger partial charge >= 0.3 is 0 Å². The zero-order valence-corrected chi connectivity index (χ0v) is 8.25. The quantitative estimate of drug-likeness (QED) is 0.618. The predicted octanol–water partition coefficient (Wildman–Crippen LogP) is 1.41. The number of thioether (sulfide) groups is 1. The highest BCUT2D eigenvalue weighted by Crippen LogP contribution is 2.43. The number of amides is 1. The van der Waals surface area contributed by atoms with Crippen LogP contribution in [0.5, 0.6) is 0 Å².